The molecule has 0 saturated carbocycles. The van der Waals surface area contributed by atoms with Crippen molar-refractivity contribution in [3.05, 3.63) is 35.4 Å². The molecule has 1 amide bonds. The number of rotatable bonds is 8. The monoisotopic (exact) mass is 468 g/mol. The Kier molecular flexibility index (Phi) is 6.49. The Hall–Kier alpha value is -3.95. The minimum absolute atomic E-state index is 0.140. The maximum atomic E-state index is 13.2. The van der Waals surface area contributed by atoms with Gasteiger partial charge >= 0.3 is 5.97 Å². The number of carbonyl (C=O) groups is 2. The Morgan fingerprint density at radius 3 is 2.68 bits per heavy atom. The van der Waals surface area contributed by atoms with Crippen LogP contribution in [-0.4, -0.2) is 60.2 Å². The fourth-order valence-electron chi connectivity index (χ4n) is 4.15. The summed E-state index contributed by atoms with van der Waals surface area (Å²) in [4.78, 5) is 31.0. The Morgan fingerprint density at radius 2 is 1.97 bits per heavy atom. The zero-order chi connectivity index (χ0) is 24.4. The van der Waals surface area contributed by atoms with E-state index in [9.17, 15) is 9.59 Å². The number of carbonyl (C=O) groups excluding carboxylic acids is 2. The summed E-state index contributed by atoms with van der Waals surface area (Å²) in [6.07, 6.45) is 0.676. The van der Waals surface area contributed by atoms with Crippen molar-refractivity contribution in [3.63, 3.8) is 0 Å². The summed E-state index contributed by atoms with van der Waals surface area (Å²) in [6.45, 7) is 2.79. The van der Waals surface area contributed by atoms with Crippen molar-refractivity contribution in [2.45, 2.75) is 19.8 Å². The zero-order valence-electron chi connectivity index (χ0n) is 19.7. The summed E-state index contributed by atoms with van der Waals surface area (Å²) in [5, 5.41) is 0. The van der Waals surface area contributed by atoms with Gasteiger partial charge < -0.3 is 34.1 Å². The Morgan fingerprint density at radius 1 is 1.18 bits per heavy atom. The minimum Gasteiger partial charge on any atom is -0.493 e. The second-order valence-electron chi connectivity index (χ2n) is 7.82. The highest BCUT2D eigenvalue weighted by Gasteiger charge is 2.32. The average molecular weight is 469 g/mol. The summed E-state index contributed by atoms with van der Waals surface area (Å²) < 4.78 is 24.3. The van der Waals surface area contributed by atoms with E-state index in [1.165, 1.54) is 14.2 Å². The van der Waals surface area contributed by atoms with Crippen LogP contribution < -0.4 is 19.9 Å². The van der Waals surface area contributed by atoms with E-state index in [0.717, 1.165) is 11.1 Å². The maximum absolute atomic E-state index is 13.2. The van der Waals surface area contributed by atoms with Gasteiger partial charge in [0.25, 0.3) is 5.91 Å². The van der Waals surface area contributed by atoms with Crippen molar-refractivity contribution in [1.82, 2.24) is 14.5 Å². The van der Waals surface area contributed by atoms with Gasteiger partial charge in [-0.15, -0.1) is 0 Å². The van der Waals surface area contributed by atoms with Gasteiger partial charge in [-0.05, 0) is 31.5 Å². The summed E-state index contributed by atoms with van der Waals surface area (Å²) in [7, 11) is 4.85. The molecular weight excluding hydrogens is 440 g/mol. The number of fused-ring (bicyclic) bond motifs is 2. The normalized spacial score (nSPS) is 13.1. The van der Waals surface area contributed by atoms with Crippen LogP contribution in [-0.2, 0) is 23.0 Å². The van der Waals surface area contributed by atoms with Crippen molar-refractivity contribution >= 4 is 28.9 Å². The number of hydrogen-bond acceptors (Lipinski definition) is 8. The lowest BCUT2D eigenvalue weighted by Crippen LogP contribution is -2.39. The topological polar surface area (TPSA) is 118 Å². The molecule has 2 N–H and O–H groups in total. The van der Waals surface area contributed by atoms with Crippen LogP contribution in [0.25, 0.3) is 11.0 Å². The number of anilines is 1. The van der Waals surface area contributed by atoms with Crippen LogP contribution >= 0.6 is 0 Å². The highest BCUT2D eigenvalue weighted by atomic mass is 16.5. The first-order valence-corrected chi connectivity index (χ1v) is 11.0. The summed E-state index contributed by atoms with van der Waals surface area (Å²) in [6, 6.07) is 7.19. The molecule has 0 saturated heterocycles. The van der Waals surface area contributed by atoms with E-state index < -0.39 is 0 Å². The molecule has 4 rings (SSSR count). The number of esters is 1. The number of nitrogen functional groups attached to an aromatic ring is 1. The largest absolute Gasteiger partial charge is 0.493 e. The Labute approximate surface area is 197 Å². The molecule has 0 fully saturated rings. The van der Waals surface area contributed by atoms with Crippen LogP contribution in [0.15, 0.2) is 24.3 Å². The number of aromatic nitrogens is 2. The van der Waals surface area contributed by atoms with E-state index in [1.54, 1.807) is 28.5 Å². The molecule has 0 spiro atoms. The Bertz CT molecular complexity index is 1250. The van der Waals surface area contributed by atoms with Gasteiger partial charge in [0.15, 0.2) is 17.2 Å². The lowest BCUT2D eigenvalue weighted by Gasteiger charge is -2.30. The van der Waals surface area contributed by atoms with E-state index in [1.807, 2.05) is 19.2 Å². The molecular formula is C24H28N4O6. The molecule has 1 aromatic heterocycles. The van der Waals surface area contributed by atoms with Gasteiger partial charge in [-0.2, -0.15) is 0 Å². The van der Waals surface area contributed by atoms with Crippen LogP contribution in [0.2, 0.25) is 0 Å². The van der Waals surface area contributed by atoms with Crippen LogP contribution in [0.3, 0.4) is 0 Å². The predicted octanol–water partition coefficient (Wildman–Crippen LogP) is 2.92. The van der Waals surface area contributed by atoms with Crippen LogP contribution in [0.5, 0.6) is 23.0 Å². The Balaban J connectivity index is 1.70. The molecule has 2 aromatic carbocycles. The highest BCUT2D eigenvalue weighted by Crippen LogP contribution is 2.46. The third-order valence-electron chi connectivity index (χ3n) is 5.89. The van der Waals surface area contributed by atoms with E-state index in [4.69, 9.17) is 24.7 Å². The molecule has 0 unspecified atom stereocenters. The smallest absolute Gasteiger partial charge is 0.307 e. The SMILES string of the molecule is CCOC(=O)CCN1CCc2c(cc(OC)c(Oc3cccc4c3nc(N)n4C)c2OC)C1=O. The summed E-state index contributed by atoms with van der Waals surface area (Å²) >= 11 is 0. The first kappa shape index (κ1) is 23.2. The van der Waals surface area contributed by atoms with E-state index in [-0.39, 0.29) is 24.8 Å². The van der Waals surface area contributed by atoms with Gasteiger partial charge in [-0.3, -0.25) is 9.59 Å². The number of nitrogens with two attached hydrogens (primary N) is 1. The van der Waals surface area contributed by atoms with Crippen LogP contribution in [0.4, 0.5) is 5.95 Å². The number of amides is 1. The summed E-state index contributed by atoms with van der Waals surface area (Å²) in [5.74, 6) is 1.44. The van der Waals surface area contributed by atoms with Gasteiger partial charge in [0.1, 0.15) is 5.52 Å². The lowest BCUT2D eigenvalue weighted by molar-refractivity contribution is -0.143. The van der Waals surface area contributed by atoms with Crippen LogP contribution in [0.1, 0.15) is 29.3 Å². The number of imidazole rings is 1. The second kappa shape index (κ2) is 9.50. The van der Waals surface area contributed by atoms with Gasteiger partial charge in [0, 0.05) is 25.7 Å². The quantitative estimate of drug-likeness (QED) is 0.502. The minimum atomic E-state index is -0.329. The molecule has 1 aliphatic heterocycles. The zero-order valence-corrected chi connectivity index (χ0v) is 19.7. The van der Waals surface area contributed by atoms with Crippen molar-refractivity contribution in [2.24, 2.45) is 7.05 Å². The molecule has 3 aromatic rings. The highest BCUT2D eigenvalue weighted by molar-refractivity contribution is 5.99. The molecule has 10 nitrogen and oxygen atoms in total. The maximum Gasteiger partial charge on any atom is 0.307 e. The number of methoxy groups -OCH3 is 2. The van der Waals surface area contributed by atoms with E-state index >= 15 is 0 Å². The number of para-hydroxylation sites is 1. The molecule has 34 heavy (non-hydrogen) atoms. The van der Waals surface area contributed by atoms with Crippen molar-refractivity contribution in [1.29, 1.82) is 0 Å². The van der Waals surface area contributed by atoms with Crippen molar-refractivity contribution in [3.8, 4) is 23.0 Å². The number of aryl methyl sites for hydroxylation is 1. The number of hydrogen-bond donors (Lipinski definition) is 1. The fourth-order valence-corrected chi connectivity index (χ4v) is 4.15. The first-order chi connectivity index (χ1) is 16.4. The molecule has 0 atom stereocenters. The van der Waals surface area contributed by atoms with E-state index in [0.29, 0.717) is 59.6 Å². The number of nitrogens with zero attached hydrogens (tertiary/aromatic N) is 3. The first-order valence-electron chi connectivity index (χ1n) is 11.0. The van der Waals surface area contributed by atoms with Crippen LogP contribution in [0, 0.1) is 0 Å². The van der Waals surface area contributed by atoms with Gasteiger partial charge in [-0.25, -0.2) is 4.98 Å². The van der Waals surface area contributed by atoms with Gasteiger partial charge in [-0.1, -0.05) is 6.07 Å². The van der Waals surface area contributed by atoms with Crippen molar-refractivity contribution in [2.75, 3.05) is 39.6 Å². The third-order valence-corrected chi connectivity index (χ3v) is 5.89. The molecule has 0 radical (unpaired) electrons. The molecule has 180 valence electrons. The molecule has 0 aliphatic carbocycles. The molecule has 10 heteroatoms. The van der Waals surface area contributed by atoms with Gasteiger partial charge in [0.2, 0.25) is 11.7 Å². The third kappa shape index (κ3) is 4.07. The molecule has 0 bridgehead atoms. The summed E-state index contributed by atoms with van der Waals surface area (Å²) in [5.41, 5.74) is 8.58. The average Bonchev–Trinajstić information content (AvgIpc) is 3.13. The molecule has 2 heterocycles. The van der Waals surface area contributed by atoms with E-state index in [2.05, 4.69) is 4.98 Å². The van der Waals surface area contributed by atoms with Gasteiger partial charge in [0.05, 0.1) is 38.3 Å². The molecule has 1 aliphatic rings. The second-order valence-corrected chi connectivity index (χ2v) is 7.82. The predicted molar refractivity (Wildman–Crippen MR) is 126 cm³/mol. The number of ether oxygens (including phenoxy) is 4. The lowest BCUT2D eigenvalue weighted by atomic mass is 9.96. The number of benzene rings is 2. The fraction of sp³-hybridized carbons (Fsp3) is 0.375. The standard InChI is InChI=1S/C24H28N4O6/c1-5-33-19(29)10-12-28-11-9-14-15(23(28)30)13-18(31-3)22(21(14)32-4)34-17-8-6-7-16-20(17)26-24(25)27(16)2/h6-8,13H,5,9-12H2,1-4H3,(H2,25,26). The van der Waals surface area contributed by atoms with Crippen molar-refractivity contribution < 1.29 is 28.5 Å².